The zero-order valence-corrected chi connectivity index (χ0v) is 16.4. The van der Waals surface area contributed by atoms with E-state index >= 15 is 0 Å². The van der Waals surface area contributed by atoms with Crippen LogP contribution in [0.2, 0.25) is 0 Å². The number of hydrogen-bond donors (Lipinski definition) is 0. The lowest BCUT2D eigenvalue weighted by Crippen LogP contribution is -2.41. The van der Waals surface area contributed by atoms with E-state index in [1.165, 1.54) is 15.4 Å². The fourth-order valence-corrected chi connectivity index (χ4v) is 5.39. The molecule has 1 saturated heterocycles. The molecule has 2 aromatic rings. The number of hydrogen-bond acceptors (Lipinski definition) is 4. The van der Waals surface area contributed by atoms with Crippen molar-refractivity contribution < 1.29 is 18.1 Å². The summed E-state index contributed by atoms with van der Waals surface area (Å²) < 4.78 is 32.3. The highest BCUT2D eigenvalue weighted by atomic mass is 32.2. The van der Waals surface area contributed by atoms with E-state index in [9.17, 15) is 8.42 Å². The molecule has 0 amide bonds. The van der Waals surface area contributed by atoms with Crippen LogP contribution in [0.5, 0.6) is 0 Å². The Balaban J connectivity index is 1.56. The lowest BCUT2D eigenvalue weighted by molar-refractivity contribution is -0.367. The Morgan fingerprint density at radius 3 is 2.67 bits per heavy atom. The third kappa shape index (κ3) is 3.59. The Hall–Kier alpha value is -1.96. The van der Waals surface area contributed by atoms with Gasteiger partial charge in [0.15, 0.2) is 0 Å². The molecule has 0 saturated carbocycles. The quantitative estimate of drug-likeness (QED) is 0.804. The van der Waals surface area contributed by atoms with E-state index in [0.717, 1.165) is 25.1 Å². The van der Waals surface area contributed by atoms with Crippen LogP contribution in [-0.4, -0.2) is 46.1 Å². The van der Waals surface area contributed by atoms with Gasteiger partial charge in [-0.3, -0.25) is 4.90 Å². The van der Waals surface area contributed by atoms with Gasteiger partial charge in [0, 0.05) is 19.2 Å². The van der Waals surface area contributed by atoms with E-state index in [0.29, 0.717) is 37.2 Å². The van der Waals surface area contributed by atoms with Crippen LogP contribution < -0.4 is 9.88 Å². The number of anilines is 1. The number of fused-ring (bicyclic) bond motifs is 1. The molecular formula is C20H26N3O3S+. The highest BCUT2D eigenvalue weighted by molar-refractivity contribution is 7.89. The van der Waals surface area contributed by atoms with Gasteiger partial charge in [0.2, 0.25) is 10.0 Å². The predicted molar refractivity (Wildman–Crippen MR) is 103 cm³/mol. The maximum Gasteiger partial charge on any atom is 0.274 e. The number of aromatic nitrogens is 1. The van der Waals surface area contributed by atoms with Crippen molar-refractivity contribution in [2.24, 2.45) is 0 Å². The second-order valence-electron chi connectivity index (χ2n) is 7.14. The van der Waals surface area contributed by atoms with Crippen LogP contribution in [0.4, 0.5) is 5.82 Å². The molecule has 4 rings (SSSR count). The molecule has 144 valence electrons. The zero-order chi connectivity index (χ0) is 18.9. The van der Waals surface area contributed by atoms with Crippen molar-refractivity contribution in [3.8, 4) is 0 Å². The van der Waals surface area contributed by atoms with Crippen molar-refractivity contribution >= 4 is 15.8 Å². The van der Waals surface area contributed by atoms with Gasteiger partial charge in [0.05, 0.1) is 20.3 Å². The van der Waals surface area contributed by atoms with Gasteiger partial charge in [-0.1, -0.05) is 24.3 Å². The number of benzene rings is 1. The summed E-state index contributed by atoms with van der Waals surface area (Å²) in [6.07, 6.45) is 4.98. The van der Waals surface area contributed by atoms with Crippen molar-refractivity contribution in [1.29, 1.82) is 0 Å². The largest absolute Gasteiger partial charge is 0.379 e. The van der Waals surface area contributed by atoms with Crippen LogP contribution in [0.1, 0.15) is 30.0 Å². The van der Waals surface area contributed by atoms with Gasteiger partial charge in [-0.25, -0.2) is 13.4 Å². The molecule has 27 heavy (non-hydrogen) atoms. The van der Waals surface area contributed by atoms with Crippen LogP contribution in [0.25, 0.3) is 0 Å². The lowest BCUT2D eigenvalue weighted by atomic mass is 9.87. The average molecular weight is 389 g/mol. The Bertz CT molecular complexity index is 893. The fraction of sp³-hybridized carbons (Fsp3) is 0.450. The van der Waals surface area contributed by atoms with Crippen molar-refractivity contribution in [1.82, 2.24) is 4.31 Å². The van der Waals surface area contributed by atoms with Crippen molar-refractivity contribution in [2.75, 3.05) is 38.3 Å². The topological polar surface area (TPSA) is 64.0 Å². The van der Waals surface area contributed by atoms with Crippen LogP contribution in [0.15, 0.2) is 47.5 Å². The number of morpholine rings is 1. The SMILES string of the molecule is CN(c1ccc(S(=O)(=O)N2CCOCC2)c[nH+]1)[C@@H]1CCCc2ccccc21. The number of pyridine rings is 1. The Morgan fingerprint density at radius 1 is 1.15 bits per heavy atom. The first-order valence-electron chi connectivity index (χ1n) is 9.47. The van der Waals surface area contributed by atoms with Gasteiger partial charge in [0.25, 0.3) is 5.82 Å². The standard InChI is InChI=1S/C20H25N3O3S/c1-22(19-8-4-6-16-5-2-3-7-18(16)19)20-10-9-17(15-21-20)27(24,25)23-11-13-26-14-12-23/h2-3,5,7,9-10,15,19H,4,6,8,11-14H2,1H3/p+1/t19-/m1/s1. The summed E-state index contributed by atoms with van der Waals surface area (Å²) in [6, 6.07) is 12.5. The highest BCUT2D eigenvalue weighted by Crippen LogP contribution is 2.34. The second kappa shape index (κ2) is 7.58. The summed E-state index contributed by atoms with van der Waals surface area (Å²) in [7, 11) is -1.41. The second-order valence-corrected chi connectivity index (χ2v) is 9.08. The summed E-state index contributed by atoms with van der Waals surface area (Å²) in [4.78, 5) is 5.71. The summed E-state index contributed by atoms with van der Waals surface area (Å²) in [5.74, 6) is 0.914. The number of nitrogens with zero attached hydrogens (tertiary/aromatic N) is 2. The maximum absolute atomic E-state index is 12.8. The molecule has 1 fully saturated rings. The number of sulfonamides is 1. The Morgan fingerprint density at radius 2 is 1.93 bits per heavy atom. The molecule has 1 aliphatic carbocycles. The highest BCUT2D eigenvalue weighted by Gasteiger charge is 2.31. The van der Waals surface area contributed by atoms with Crippen molar-refractivity contribution in [3.63, 3.8) is 0 Å². The van der Waals surface area contributed by atoms with Crippen LogP contribution in [0, 0.1) is 0 Å². The summed E-state index contributed by atoms with van der Waals surface area (Å²) in [5, 5.41) is 0. The molecule has 1 aromatic heterocycles. The molecule has 7 heteroatoms. The van der Waals surface area contributed by atoms with Crippen LogP contribution >= 0.6 is 0 Å². The summed E-state index contributed by atoms with van der Waals surface area (Å²) in [6.45, 7) is 1.71. The molecule has 1 atom stereocenters. The number of rotatable bonds is 4. The summed E-state index contributed by atoms with van der Waals surface area (Å²) in [5.41, 5.74) is 2.77. The minimum atomic E-state index is -3.47. The molecule has 1 N–H and O–H groups in total. The van der Waals surface area contributed by atoms with E-state index in [1.807, 2.05) is 6.07 Å². The molecular weight excluding hydrogens is 362 g/mol. The molecule has 2 heterocycles. The zero-order valence-electron chi connectivity index (χ0n) is 15.6. The van der Waals surface area contributed by atoms with Gasteiger partial charge >= 0.3 is 0 Å². The first kappa shape index (κ1) is 18.4. The minimum absolute atomic E-state index is 0.297. The number of H-pyrrole nitrogens is 1. The lowest BCUT2D eigenvalue weighted by Gasteiger charge is -2.29. The minimum Gasteiger partial charge on any atom is -0.379 e. The monoisotopic (exact) mass is 388 g/mol. The van der Waals surface area contributed by atoms with Gasteiger partial charge in [-0.2, -0.15) is 4.31 Å². The number of aromatic amines is 1. The molecule has 6 nitrogen and oxygen atoms in total. The smallest absolute Gasteiger partial charge is 0.274 e. The van der Waals surface area contributed by atoms with E-state index < -0.39 is 10.0 Å². The van der Waals surface area contributed by atoms with Gasteiger partial charge in [0.1, 0.15) is 17.1 Å². The fourth-order valence-electron chi connectivity index (χ4n) is 4.02. The van der Waals surface area contributed by atoms with E-state index in [4.69, 9.17) is 4.74 Å². The van der Waals surface area contributed by atoms with Gasteiger partial charge < -0.3 is 4.74 Å². The van der Waals surface area contributed by atoms with Crippen LogP contribution in [0.3, 0.4) is 0 Å². The normalized spacial score (nSPS) is 20.9. The first-order valence-corrected chi connectivity index (χ1v) is 10.9. The number of nitrogens with one attached hydrogen (secondary N) is 1. The predicted octanol–water partition coefficient (Wildman–Crippen LogP) is 2.04. The Kier molecular flexibility index (Phi) is 5.16. The molecule has 0 spiro atoms. The average Bonchev–Trinajstić information content (AvgIpc) is 2.73. The van der Waals surface area contributed by atoms with Gasteiger partial charge in [-0.05, 0) is 36.5 Å². The van der Waals surface area contributed by atoms with Crippen molar-refractivity contribution in [3.05, 3.63) is 53.7 Å². The third-order valence-corrected chi connectivity index (χ3v) is 7.46. The number of ether oxygens (including phenoxy) is 1. The van der Waals surface area contributed by atoms with Gasteiger partial charge in [-0.15, -0.1) is 0 Å². The molecule has 0 radical (unpaired) electrons. The van der Waals surface area contributed by atoms with Crippen LogP contribution in [-0.2, 0) is 21.2 Å². The summed E-state index contributed by atoms with van der Waals surface area (Å²) >= 11 is 0. The third-order valence-electron chi connectivity index (χ3n) is 5.56. The van der Waals surface area contributed by atoms with E-state index in [-0.39, 0.29) is 0 Å². The number of aryl methyl sites for hydroxylation is 1. The molecule has 1 aliphatic heterocycles. The van der Waals surface area contributed by atoms with E-state index in [1.54, 1.807) is 12.3 Å². The molecule has 0 bridgehead atoms. The molecule has 0 unspecified atom stereocenters. The van der Waals surface area contributed by atoms with E-state index in [2.05, 4.69) is 41.2 Å². The maximum atomic E-state index is 12.8. The molecule has 1 aromatic carbocycles. The Labute approximate surface area is 160 Å². The molecule has 2 aliphatic rings. The first-order chi connectivity index (χ1) is 13.1. The van der Waals surface area contributed by atoms with Crippen molar-refractivity contribution in [2.45, 2.75) is 30.2 Å².